The van der Waals surface area contributed by atoms with E-state index in [1.54, 1.807) is 0 Å². The molecule has 0 aliphatic carbocycles. The Kier molecular flexibility index (Phi) is 6.82. The third-order valence-corrected chi connectivity index (χ3v) is 4.08. The van der Waals surface area contributed by atoms with Crippen LogP contribution < -0.4 is 5.90 Å². The number of hydrogen-bond acceptors (Lipinski definition) is 3. The first kappa shape index (κ1) is 13.3. The van der Waals surface area contributed by atoms with Gasteiger partial charge in [-0.05, 0) is 0 Å². The van der Waals surface area contributed by atoms with Crippen molar-refractivity contribution in [3.8, 4) is 0 Å². The zero-order valence-electron chi connectivity index (χ0n) is 7.57. The Hall–Kier alpha value is 0.268. The third-order valence-electron chi connectivity index (χ3n) is 1.47. The summed E-state index contributed by atoms with van der Waals surface area (Å²) in [4.78, 5) is 1.04. The van der Waals surface area contributed by atoms with Crippen molar-refractivity contribution in [1.82, 2.24) is 0 Å². The van der Waals surface area contributed by atoms with Gasteiger partial charge in [0.15, 0.2) is 0 Å². The molecule has 0 aromatic rings. The van der Waals surface area contributed by atoms with E-state index in [-0.39, 0.29) is 0 Å². The van der Waals surface area contributed by atoms with Crippen molar-refractivity contribution in [2.75, 3.05) is 0 Å². The van der Waals surface area contributed by atoms with Crippen LogP contribution in [0.3, 0.4) is 0 Å². The molecule has 0 heterocycles. The van der Waals surface area contributed by atoms with Crippen LogP contribution >= 0.6 is 11.6 Å². The first-order chi connectivity index (χ1) is 6.02. The van der Waals surface area contributed by atoms with Gasteiger partial charge < -0.3 is 0 Å². The van der Waals surface area contributed by atoms with Crippen molar-refractivity contribution in [1.29, 1.82) is 0 Å². The molecule has 0 radical (unpaired) electrons. The molecule has 3 N–H and O–H groups in total. The topological polar surface area (TPSA) is 72.5 Å². The van der Waals surface area contributed by atoms with E-state index in [1.807, 2.05) is 0 Å². The predicted octanol–water partition coefficient (Wildman–Crippen LogP) is 1.48. The predicted molar refractivity (Wildman–Crippen MR) is 52.0 cm³/mol. The molecule has 0 aromatic heterocycles. The summed E-state index contributed by atoms with van der Waals surface area (Å²) in [5, 5.41) is 0.351. The van der Waals surface area contributed by atoms with Crippen LogP contribution in [0.1, 0.15) is 32.6 Å². The fraction of sp³-hybridized carbons (Fsp3) is 0.714. The van der Waals surface area contributed by atoms with Crippen LogP contribution in [0.2, 0.25) is 0 Å². The number of unbranched alkanes of at least 4 members (excludes halogenated alkanes) is 2. The van der Waals surface area contributed by atoms with Crippen LogP contribution in [0, 0.1) is 0 Å². The molecule has 1 atom stereocenters. The molecule has 0 rings (SSSR count). The summed E-state index contributed by atoms with van der Waals surface area (Å²) in [5.74, 6) is 4.62. The summed E-state index contributed by atoms with van der Waals surface area (Å²) < 4.78 is 23.8. The van der Waals surface area contributed by atoms with Gasteiger partial charge in [0.2, 0.25) is 0 Å². The monoisotopic (exact) mass is 271 g/mol. The van der Waals surface area contributed by atoms with E-state index in [9.17, 15) is 3.74 Å². The third kappa shape index (κ3) is 7.35. The van der Waals surface area contributed by atoms with Crippen LogP contribution in [0.15, 0.2) is 9.90 Å². The van der Waals surface area contributed by atoms with Gasteiger partial charge in [0, 0.05) is 0 Å². The van der Waals surface area contributed by atoms with Crippen molar-refractivity contribution in [2.24, 2.45) is 5.90 Å². The Bertz CT molecular complexity index is 220. The van der Waals surface area contributed by atoms with Gasteiger partial charge in [-0.15, -0.1) is 0 Å². The molecule has 78 valence electrons. The molecule has 0 fully saturated rings. The Labute approximate surface area is 86.0 Å². The van der Waals surface area contributed by atoms with Gasteiger partial charge >= 0.3 is 85.8 Å². The first-order valence-corrected chi connectivity index (χ1v) is 7.93. The van der Waals surface area contributed by atoms with Gasteiger partial charge in [-0.3, -0.25) is 0 Å². The van der Waals surface area contributed by atoms with Gasteiger partial charge in [0.05, 0.1) is 0 Å². The molecule has 6 heteroatoms. The normalized spacial score (nSPS) is 17.1. The van der Waals surface area contributed by atoms with E-state index in [0.717, 1.165) is 24.1 Å². The molecule has 0 aliphatic heterocycles. The van der Waals surface area contributed by atoms with Crippen LogP contribution in [-0.4, -0.2) is 18.3 Å². The molecule has 1 unspecified atom stereocenters. The Morgan fingerprint density at radius 2 is 2.31 bits per heavy atom. The van der Waals surface area contributed by atoms with Crippen molar-refractivity contribution >= 4 is 25.8 Å². The summed E-state index contributed by atoms with van der Waals surface area (Å²) in [6, 6.07) is 0. The molecule has 0 amide bonds. The molecule has 13 heavy (non-hydrogen) atoms. The van der Waals surface area contributed by atoms with Gasteiger partial charge in [0.1, 0.15) is 0 Å². The van der Waals surface area contributed by atoms with Crippen LogP contribution in [0.25, 0.3) is 0 Å². The van der Waals surface area contributed by atoms with E-state index >= 15 is 0 Å². The van der Waals surface area contributed by atoms with E-state index in [4.69, 9.17) is 15.7 Å². The quantitative estimate of drug-likeness (QED) is 0.436. The van der Waals surface area contributed by atoms with Gasteiger partial charge in [0.25, 0.3) is 0 Å². The molecule has 4 nitrogen and oxygen atoms in total. The average molecular weight is 272 g/mol. The fourth-order valence-electron chi connectivity index (χ4n) is 0.816. The number of allylic oxidation sites excluding steroid dienone is 1. The summed E-state index contributed by atoms with van der Waals surface area (Å²) in [5.41, 5.74) is 0. The summed E-state index contributed by atoms with van der Waals surface area (Å²) in [7, 11) is 0. The van der Waals surface area contributed by atoms with Crippen LogP contribution in [-0.2, 0) is 7.57 Å². The van der Waals surface area contributed by atoms with Crippen molar-refractivity contribution in [2.45, 2.75) is 32.6 Å². The molecule has 0 aromatic carbocycles. The van der Waals surface area contributed by atoms with Crippen molar-refractivity contribution < 1.29 is 11.7 Å². The maximum atomic E-state index is 10.9. The van der Waals surface area contributed by atoms with E-state index < -0.39 is 14.2 Å². The van der Waals surface area contributed by atoms with Gasteiger partial charge in [-0.25, -0.2) is 0 Å². The van der Waals surface area contributed by atoms with Crippen molar-refractivity contribution in [3.05, 3.63) is 9.90 Å². The Morgan fingerprint density at radius 3 is 2.77 bits per heavy atom. The SMILES string of the molecule is CCCCCC(Cl)=C[As](=O)(O)ON. The zero-order chi connectivity index (χ0) is 10.3. The second-order valence-corrected chi connectivity index (χ2v) is 6.54. The second kappa shape index (κ2) is 6.68. The number of rotatable bonds is 6. The molecule has 0 bridgehead atoms. The molecule has 0 saturated heterocycles. The van der Waals surface area contributed by atoms with Gasteiger partial charge in [-0.2, -0.15) is 0 Å². The van der Waals surface area contributed by atoms with Crippen LogP contribution in [0.4, 0.5) is 0 Å². The Balaban J connectivity index is 3.94. The first-order valence-electron chi connectivity index (χ1n) is 4.10. The molecular weight excluding hydrogens is 256 g/mol. The average Bonchev–Trinajstić information content (AvgIpc) is 2.04. The molecule has 0 spiro atoms. The van der Waals surface area contributed by atoms with E-state index in [0.29, 0.717) is 11.5 Å². The Morgan fingerprint density at radius 1 is 1.69 bits per heavy atom. The van der Waals surface area contributed by atoms with Crippen molar-refractivity contribution in [3.63, 3.8) is 0 Å². The second-order valence-electron chi connectivity index (χ2n) is 2.70. The molecule has 0 aliphatic rings. The summed E-state index contributed by atoms with van der Waals surface area (Å²) in [6.07, 6.45) is 3.65. The molecular formula is C7H15AsClNO3. The standard InChI is InChI=1S/C7H15AsClNO3/c1-2-3-4-5-7(9)6-8(11,12)13-10/h6H,2-5,10H2,1H3,(H,11,12). The molecule has 0 saturated carbocycles. The number of halogens is 1. The van der Waals surface area contributed by atoms with E-state index in [1.165, 1.54) is 0 Å². The summed E-state index contributed by atoms with van der Waals surface area (Å²) >= 11 is 1.30. The fourth-order valence-corrected chi connectivity index (χ4v) is 2.73. The maximum absolute atomic E-state index is 10.9. The van der Waals surface area contributed by atoms with E-state index in [2.05, 4.69) is 16.6 Å². The minimum atomic E-state index is -4.39. The minimum absolute atomic E-state index is 0.351. The van der Waals surface area contributed by atoms with Crippen LogP contribution in [0.5, 0.6) is 0 Å². The van der Waals surface area contributed by atoms with Gasteiger partial charge in [-0.1, -0.05) is 0 Å². The number of hydrogen-bond donors (Lipinski definition) is 2. The zero-order valence-corrected chi connectivity index (χ0v) is 10.2. The summed E-state index contributed by atoms with van der Waals surface area (Å²) in [6.45, 7) is 2.07. The number of nitrogens with two attached hydrogens (primary N) is 1.